The molecular formula is C11H14N4O5. The van der Waals surface area contributed by atoms with Crippen LogP contribution in [0.15, 0.2) is 12.1 Å². The summed E-state index contributed by atoms with van der Waals surface area (Å²) in [6, 6.07) is 3.29. The first kappa shape index (κ1) is 13.2. The van der Waals surface area contributed by atoms with Gasteiger partial charge in [-0.2, -0.15) is 4.52 Å². The van der Waals surface area contributed by atoms with E-state index in [1.807, 2.05) is 0 Å². The zero-order valence-electron chi connectivity index (χ0n) is 10.6. The molecule has 4 atom stereocenters. The van der Waals surface area contributed by atoms with E-state index in [0.29, 0.717) is 11.5 Å². The first-order chi connectivity index (χ1) is 9.65. The lowest BCUT2D eigenvalue weighted by molar-refractivity contribution is -0.0259. The Morgan fingerprint density at radius 2 is 2.10 bits per heavy atom. The second-order valence-corrected chi connectivity index (χ2v) is 4.46. The number of rotatable bonds is 3. The van der Waals surface area contributed by atoms with Crippen molar-refractivity contribution in [2.75, 3.05) is 13.7 Å². The van der Waals surface area contributed by atoms with Crippen LogP contribution in [0, 0.1) is 0 Å². The molecule has 0 bridgehead atoms. The number of fused-ring (bicyclic) bond motifs is 1. The Kier molecular flexibility index (Phi) is 3.26. The van der Waals surface area contributed by atoms with E-state index in [0.717, 1.165) is 0 Å². The molecule has 0 amide bonds. The summed E-state index contributed by atoms with van der Waals surface area (Å²) in [5.74, 6) is 0.590. The van der Waals surface area contributed by atoms with Gasteiger partial charge in [0.25, 0.3) is 0 Å². The van der Waals surface area contributed by atoms with E-state index in [1.165, 1.54) is 11.6 Å². The lowest BCUT2D eigenvalue weighted by Gasteiger charge is -2.12. The third-order valence-electron chi connectivity index (χ3n) is 3.27. The van der Waals surface area contributed by atoms with Crippen molar-refractivity contribution < 1.29 is 24.8 Å². The lowest BCUT2D eigenvalue weighted by atomic mass is 10.1. The normalized spacial score (nSPS) is 30.0. The fraction of sp³-hybridized carbons (Fsp3) is 0.545. The minimum absolute atomic E-state index is 0.237. The van der Waals surface area contributed by atoms with Gasteiger partial charge in [-0.3, -0.25) is 0 Å². The summed E-state index contributed by atoms with van der Waals surface area (Å²) in [4.78, 5) is 0. The van der Waals surface area contributed by atoms with Crippen molar-refractivity contribution >= 4 is 5.65 Å². The molecule has 0 radical (unpaired) electrons. The molecule has 0 saturated carbocycles. The standard InChI is InChI=1S/C11H14N4O5/c1-19-7-3-2-6-12-13-11(15(6)14-7)10-9(18)8(17)5(4-16)20-10/h2-3,5,8-10,16-18H,4H2,1H3/t5-,8-,9-,10-/m1/s1. The lowest BCUT2D eigenvalue weighted by Crippen LogP contribution is -2.32. The third-order valence-corrected chi connectivity index (χ3v) is 3.27. The average Bonchev–Trinajstić information content (AvgIpc) is 3.01. The highest BCUT2D eigenvalue weighted by Crippen LogP contribution is 2.32. The Morgan fingerprint density at radius 3 is 2.75 bits per heavy atom. The Morgan fingerprint density at radius 1 is 1.30 bits per heavy atom. The minimum atomic E-state index is -1.22. The van der Waals surface area contributed by atoms with E-state index in [-0.39, 0.29) is 5.82 Å². The van der Waals surface area contributed by atoms with Gasteiger partial charge in [0.2, 0.25) is 5.88 Å². The second kappa shape index (κ2) is 4.94. The molecule has 3 N–H and O–H groups in total. The zero-order chi connectivity index (χ0) is 14.3. The van der Waals surface area contributed by atoms with Crippen LogP contribution in [0.4, 0.5) is 0 Å². The van der Waals surface area contributed by atoms with Crippen LogP contribution in [-0.4, -0.2) is 67.2 Å². The van der Waals surface area contributed by atoms with Gasteiger partial charge in [-0.1, -0.05) is 0 Å². The van der Waals surface area contributed by atoms with Crippen molar-refractivity contribution in [2.45, 2.75) is 24.4 Å². The van der Waals surface area contributed by atoms with Crippen LogP contribution in [0.2, 0.25) is 0 Å². The predicted octanol–water partition coefficient (Wildman–Crippen LogP) is -1.71. The maximum absolute atomic E-state index is 9.99. The Labute approximate surface area is 113 Å². The quantitative estimate of drug-likeness (QED) is 0.608. The number of aliphatic hydroxyl groups excluding tert-OH is 3. The number of hydrogen-bond acceptors (Lipinski definition) is 8. The molecule has 2 aromatic rings. The van der Waals surface area contributed by atoms with E-state index in [2.05, 4.69) is 15.3 Å². The van der Waals surface area contributed by atoms with Crippen LogP contribution in [0.5, 0.6) is 5.88 Å². The molecule has 1 saturated heterocycles. The molecule has 0 spiro atoms. The molecule has 1 fully saturated rings. The van der Waals surface area contributed by atoms with Gasteiger partial charge < -0.3 is 24.8 Å². The van der Waals surface area contributed by atoms with Crippen LogP contribution < -0.4 is 4.74 Å². The van der Waals surface area contributed by atoms with Crippen LogP contribution in [0.3, 0.4) is 0 Å². The number of nitrogens with zero attached hydrogens (tertiary/aromatic N) is 4. The summed E-state index contributed by atoms with van der Waals surface area (Å²) in [7, 11) is 1.48. The second-order valence-electron chi connectivity index (χ2n) is 4.46. The zero-order valence-corrected chi connectivity index (χ0v) is 10.6. The molecule has 1 aliphatic rings. The molecule has 1 aliphatic heterocycles. The number of methoxy groups -OCH3 is 1. The maximum atomic E-state index is 9.99. The first-order valence-corrected chi connectivity index (χ1v) is 6.04. The van der Waals surface area contributed by atoms with Crippen molar-refractivity contribution in [3.05, 3.63) is 18.0 Å². The van der Waals surface area contributed by atoms with E-state index in [4.69, 9.17) is 14.6 Å². The fourth-order valence-electron chi connectivity index (χ4n) is 2.19. The smallest absolute Gasteiger partial charge is 0.231 e. The number of aliphatic hydroxyl groups is 3. The van der Waals surface area contributed by atoms with Crippen LogP contribution in [0.25, 0.3) is 5.65 Å². The summed E-state index contributed by atoms with van der Waals surface area (Å²) >= 11 is 0. The van der Waals surface area contributed by atoms with E-state index < -0.39 is 31.0 Å². The molecule has 9 heteroatoms. The highest BCUT2D eigenvalue weighted by Gasteiger charge is 2.45. The summed E-state index contributed by atoms with van der Waals surface area (Å²) in [5, 5.41) is 40.8. The van der Waals surface area contributed by atoms with Crippen LogP contribution in [-0.2, 0) is 4.74 Å². The highest BCUT2D eigenvalue weighted by molar-refractivity contribution is 5.38. The van der Waals surface area contributed by atoms with Gasteiger partial charge >= 0.3 is 0 Å². The Bertz CT molecular complexity index is 618. The summed E-state index contributed by atoms with van der Waals surface area (Å²) < 4.78 is 11.8. The molecule has 9 nitrogen and oxygen atoms in total. The largest absolute Gasteiger partial charge is 0.480 e. The number of aromatic nitrogens is 4. The first-order valence-electron chi connectivity index (χ1n) is 6.04. The summed E-state index contributed by atoms with van der Waals surface area (Å²) in [6.07, 6.45) is -4.19. The Hall–Kier alpha value is -1.81. The van der Waals surface area contributed by atoms with Crippen molar-refractivity contribution in [3.8, 4) is 5.88 Å². The molecular weight excluding hydrogens is 268 g/mol. The van der Waals surface area contributed by atoms with Crippen LogP contribution in [0.1, 0.15) is 11.9 Å². The molecule has 20 heavy (non-hydrogen) atoms. The minimum Gasteiger partial charge on any atom is -0.480 e. The summed E-state index contributed by atoms with van der Waals surface area (Å²) in [6.45, 7) is -0.401. The molecule has 0 aromatic carbocycles. The Balaban J connectivity index is 2.02. The predicted molar refractivity (Wildman–Crippen MR) is 64.0 cm³/mol. The van der Waals surface area contributed by atoms with Gasteiger partial charge in [0.1, 0.15) is 24.4 Å². The van der Waals surface area contributed by atoms with E-state index in [9.17, 15) is 10.2 Å². The molecule has 0 aliphatic carbocycles. The molecule has 2 aromatic heterocycles. The van der Waals surface area contributed by atoms with E-state index >= 15 is 0 Å². The van der Waals surface area contributed by atoms with Crippen molar-refractivity contribution in [3.63, 3.8) is 0 Å². The van der Waals surface area contributed by atoms with Gasteiger partial charge in [0.05, 0.1) is 13.7 Å². The van der Waals surface area contributed by atoms with Crippen molar-refractivity contribution in [2.24, 2.45) is 0 Å². The van der Waals surface area contributed by atoms with E-state index in [1.54, 1.807) is 12.1 Å². The van der Waals surface area contributed by atoms with Gasteiger partial charge in [-0.15, -0.1) is 15.3 Å². The average molecular weight is 282 g/mol. The topological polar surface area (TPSA) is 122 Å². The summed E-state index contributed by atoms with van der Waals surface area (Å²) in [5.41, 5.74) is 0.457. The maximum Gasteiger partial charge on any atom is 0.231 e. The van der Waals surface area contributed by atoms with Crippen molar-refractivity contribution in [1.29, 1.82) is 0 Å². The molecule has 0 unspecified atom stereocenters. The highest BCUT2D eigenvalue weighted by atomic mass is 16.6. The van der Waals surface area contributed by atoms with Gasteiger partial charge in [-0.05, 0) is 6.07 Å². The van der Waals surface area contributed by atoms with Crippen LogP contribution >= 0.6 is 0 Å². The number of ether oxygens (including phenoxy) is 2. The van der Waals surface area contributed by atoms with Gasteiger partial charge in [-0.25, -0.2) is 0 Å². The monoisotopic (exact) mass is 282 g/mol. The fourth-order valence-corrected chi connectivity index (χ4v) is 2.19. The molecule has 3 heterocycles. The van der Waals surface area contributed by atoms with Crippen molar-refractivity contribution in [1.82, 2.24) is 19.8 Å². The number of hydrogen-bond donors (Lipinski definition) is 3. The SMILES string of the molecule is COc1ccc2nnc([C@@H]3O[C@H](CO)[C@@H](O)[C@H]3O)n2n1. The molecule has 108 valence electrons. The van der Waals surface area contributed by atoms with Gasteiger partial charge in [0.15, 0.2) is 11.5 Å². The molecule has 3 rings (SSSR count). The third kappa shape index (κ3) is 1.91. The van der Waals surface area contributed by atoms with Gasteiger partial charge in [0, 0.05) is 6.07 Å².